The molecular formula is C72H137NO5. The van der Waals surface area contributed by atoms with Gasteiger partial charge in [0.25, 0.3) is 0 Å². The lowest BCUT2D eigenvalue weighted by Crippen LogP contribution is -2.45. The number of hydrogen-bond donors (Lipinski definition) is 3. The highest BCUT2D eigenvalue weighted by molar-refractivity contribution is 5.76. The molecule has 2 atom stereocenters. The first kappa shape index (κ1) is 76.1. The number of hydrogen-bond acceptors (Lipinski definition) is 5. The molecule has 1 amide bonds. The summed E-state index contributed by atoms with van der Waals surface area (Å²) in [6, 6.07) is -0.623. The molecule has 2 unspecified atom stereocenters. The van der Waals surface area contributed by atoms with Crippen molar-refractivity contribution in [3.8, 4) is 0 Å². The average Bonchev–Trinajstić information content (AvgIpc) is 3.44. The van der Waals surface area contributed by atoms with Gasteiger partial charge >= 0.3 is 5.97 Å². The van der Waals surface area contributed by atoms with Gasteiger partial charge < -0.3 is 20.3 Å². The number of aliphatic hydroxyl groups is 2. The highest BCUT2D eigenvalue weighted by atomic mass is 16.5. The van der Waals surface area contributed by atoms with Gasteiger partial charge in [-0.1, -0.05) is 346 Å². The van der Waals surface area contributed by atoms with Gasteiger partial charge in [-0.05, 0) is 64.2 Å². The van der Waals surface area contributed by atoms with E-state index in [1.807, 2.05) is 6.08 Å². The molecular weight excluding hydrogens is 959 g/mol. The van der Waals surface area contributed by atoms with Crippen LogP contribution in [0.25, 0.3) is 0 Å². The zero-order valence-electron chi connectivity index (χ0n) is 52.7. The average molecular weight is 1100 g/mol. The summed E-state index contributed by atoms with van der Waals surface area (Å²) in [6.45, 7) is 4.91. The van der Waals surface area contributed by atoms with E-state index in [1.165, 1.54) is 315 Å². The van der Waals surface area contributed by atoms with Gasteiger partial charge in [0.2, 0.25) is 5.91 Å². The van der Waals surface area contributed by atoms with E-state index in [4.69, 9.17) is 4.74 Å². The predicted octanol–water partition coefficient (Wildman–Crippen LogP) is 22.7. The minimum atomic E-state index is -0.840. The zero-order valence-corrected chi connectivity index (χ0v) is 52.7. The van der Waals surface area contributed by atoms with E-state index in [9.17, 15) is 19.8 Å². The molecule has 0 aliphatic carbocycles. The van der Waals surface area contributed by atoms with E-state index in [1.54, 1.807) is 6.08 Å². The first-order valence-electron chi connectivity index (χ1n) is 35.3. The highest BCUT2D eigenvalue weighted by Gasteiger charge is 2.18. The Kier molecular flexibility index (Phi) is 65.9. The molecule has 0 spiro atoms. The third kappa shape index (κ3) is 63.3. The lowest BCUT2D eigenvalue weighted by Gasteiger charge is -2.20. The summed E-state index contributed by atoms with van der Waals surface area (Å²) < 4.78 is 5.48. The van der Waals surface area contributed by atoms with Crippen molar-refractivity contribution in [2.45, 2.75) is 398 Å². The molecule has 0 aromatic carbocycles. The Morgan fingerprint density at radius 1 is 0.359 bits per heavy atom. The molecule has 0 rings (SSSR count). The minimum Gasteiger partial charge on any atom is -0.466 e. The number of amides is 1. The van der Waals surface area contributed by atoms with Crippen LogP contribution in [0.5, 0.6) is 0 Å². The zero-order chi connectivity index (χ0) is 56.4. The van der Waals surface area contributed by atoms with Gasteiger partial charge in [-0.3, -0.25) is 9.59 Å². The summed E-state index contributed by atoms with van der Waals surface area (Å²) >= 11 is 0. The molecule has 460 valence electrons. The third-order valence-corrected chi connectivity index (χ3v) is 16.4. The van der Waals surface area contributed by atoms with E-state index in [0.717, 1.165) is 44.9 Å². The Bertz CT molecular complexity index is 1260. The summed E-state index contributed by atoms with van der Waals surface area (Å²) in [6.07, 6.45) is 86.8. The van der Waals surface area contributed by atoms with Crippen LogP contribution in [-0.2, 0) is 14.3 Å². The van der Waals surface area contributed by atoms with Crippen molar-refractivity contribution >= 4 is 11.9 Å². The van der Waals surface area contributed by atoms with Crippen molar-refractivity contribution in [1.29, 1.82) is 0 Å². The first-order chi connectivity index (χ1) is 38.5. The standard InChI is InChI=1S/C72H137NO5/c1-3-5-7-9-11-13-15-46-50-54-58-62-66-72(77)78-67-63-59-55-51-47-44-42-40-38-36-34-32-30-28-26-24-22-20-18-16-17-19-21-23-25-27-29-31-33-35-37-39-41-43-45-49-53-57-61-65-71(76)73-69(68-74)70(75)64-60-56-52-48-14-12-10-8-6-4-2/h16-17,20,22,60,64,69-70,74-75H,3-15,18-19,21,23-59,61-63,65-68H2,1-2H3,(H,73,76)/b17-16-,22-20-,64-60+. The number of carbonyl (C=O) groups is 2. The maximum atomic E-state index is 12.4. The van der Waals surface area contributed by atoms with Crippen molar-refractivity contribution in [1.82, 2.24) is 5.32 Å². The van der Waals surface area contributed by atoms with E-state index >= 15 is 0 Å². The van der Waals surface area contributed by atoms with Gasteiger partial charge in [0.15, 0.2) is 0 Å². The summed E-state index contributed by atoms with van der Waals surface area (Å²) in [5, 5.41) is 23.0. The Hall–Kier alpha value is -1.92. The van der Waals surface area contributed by atoms with Crippen molar-refractivity contribution in [2.75, 3.05) is 13.2 Å². The second kappa shape index (κ2) is 67.6. The van der Waals surface area contributed by atoms with Crippen molar-refractivity contribution in [3.05, 3.63) is 36.5 Å². The van der Waals surface area contributed by atoms with Gasteiger partial charge in [-0.25, -0.2) is 0 Å². The minimum absolute atomic E-state index is 0.0210. The second-order valence-electron chi connectivity index (χ2n) is 24.2. The van der Waals surface area contributed by atoms with Crippen LogP contribution in [0.1, 0.15) is 386 Å². The molecule has 6 heteroatoms. The second-order valence-corrected chi connectivity index (χ2v) is 24.2. The van der Waals surface area contributed by atoms with E-state index in [0.29, 0.717) is 19.4 Å². The van der Waals surface area contributed by atoms with Crippen LogP contribution in [-0.4, -0.2) is 47.4 Å². The topological polar surface area (TPSA) is 95.9 Å². The van der Waals surface area contributed by atoms with Crippen LogP contribution in [0.2, 0.25) is 0 Å². The lowest BCUT2D eigenvalue weighted by atomic mass is 10.0. The van der Waals surface area contributed by atoms with Crippen molar-refractivity contribution < 1.29 is 24.5 Å². The number of allylic oxidation sites excluding steroid dienone is 5. The van der Waals surface area contributed by atoms with Crippen LogP contribution < -0.4 is 5.32 Å². The van der Waals surface area contributed by atoms with E-state index in [2.05, 4.69) is 43.5 Å². The Labute approximate surface area is 487 Å². The monoisotopic (exact) mass is 1100 g/mol. The number of rotatable bonds is 66. The Morgan fingerprint density at radius 3 is 0.974 bits per heavy atom. The van der Waals surface area contributed by atoms with E-state index < -0.39 is 12.1 Å². The molecule has 78 heavy (non-hydrogen) atoms. The Morgan fingerprint density at radius 2 is 0.641 bits per heavy atom. The number of unbranched alkanes of at least 4 members (excludes halogenated alkanes) is 51. The normalized spacial score (nSPS) is 12.7. The van der Waals surface area contributed by atoms with Gasteiger partial charge in [-0.2, -0.15) is 0 Å². The summed E-state index contributed by atoms with van der Waals surface area (Å²) in [5.41, 5.74) is 0. The fraction of sp³-hybridized carbons (Fsp3) is 0.889. The lowest BCUT2D eigenvalue weighted by molar-refractivity contribution is -0.143. The maximum absolute atomic E-state index is 12.4. The van der Waals surface area contributed by atoms with Crippen LogP contribution in [0, 0.1) is 0 Å². The molecule has 0 fully saturated rings. The Balaban J connectivity index is 3.34. The number of carbonyl (C=O) groups excluding carboxylic acids is 2. The smallest absolute Gasteiger partial charge is 0.305 e. The third-order valence-electron chi connectivity index (χ3n) is 16.4. The van der Waals surface area contributed by atoms with Crippen LogP contribution >= 0.6 is 0 Å². The highest BCUT2D eigenvalue weighted by Crippen LogP contribution is 2.18. The van der Waals surface area contributed by atoms with Crippen LogP contribution in [0.15, 0.2) is 36.5 Å². The first-order valence-corrected chi connectivity index (χ1v) is 35.3. The van der Waals surface area contributed by atoms with Gasteiger partial charge in [0, 0.05) is 12.8 Å². The van der Waals surface area contributed by atoms with Crippen molar-refractivity contribution in [3.63, 3.8) is 0 Å². The number of esters is 1. The maximum Gasteiger partial charge on any atom is 0.305 e. The molecule has 0 aliphatic heterocycles. The number of ether oxygens (including phenoxy) is 1. The fourth-order valence-corrected chi connectivity index (χ4v) is 11.0. The van der Waals surface area contributed by atoms with Crippen LogP contribution in [0.3, 0.4) is 0 Å². The number of aliphatic hydroxyl groups excluding tert-OH is 2. The molecule has 0 aromatic rings. The van der Waals surface area contributed by atoms with E-state index in [-0.39, 0.29) is 18.5 Å². The molecule has 3 N–H and O–H groups in total. The quantitative estimate of drug-likeness (QED) is 0.0320. The SMILES string of the molecule is CCCCCCCCCC/C=C/C(O)C(CO)NC(=O)CCCCCCCCCCCCCCCCCCC/C=C\C/C=C\CCCCCCCCCCCCCCCCCOC(=O)CCCCCCCCCCCCCC. The molecule has 0 radical (unpaired) electrons. The molecule has 0 saturated heterocycles. The fourth-order valence-electron chi connectivity index (χ4n) is 11.0. The van der Waals surface area contributed by atoms with Gasteiger partial charge in [0.1, 0.15) is 0 Å². The largest absolute Gasteiger partial charge is 0.466 e. The predicted molar refractivity (Wildman–Crippen MR) is 343 cm³/mol. The molecule has 6 nitrogen and oxygen atoms in total. The molecule has 0 aliphatic rings. The summed E-state index contributed by atoms with van der Waals surface area (Å²) in [4.78, 5) is 24.4. The molecule has 0 bridgehead atoms. The van der Waals surface area contributed by atoms with Gasteiger partial charge in [0.05, 0.1) is 25.4 Å². The molecule has 0 aromatic heterocycles. The molecule has 0 heterocycles. The molecule has 0 saturated carbocycles. The summed E-state index contributed by atoms with van der Waals surface area (Å²) in [7, 11) is 0. The van der Waals surface area contributed by atoms with Crippen molar-refractivity contribution in [2.24, 2.45) is 0 Å². The number of nitrogens with one attached hydrogen (secondary N) is 1. The van der Waals surface area contributed by atoms with Crippen LogP contribution in [0.4, 0.5) is 0 Å². The van der Waals surface area contributed by atoms with Gasteiger partial charge in [-0.15, -0.1) is 0 Å². The summed E-state index contributed by atoms with van der Waals surface area (Å²) in [5.74, 6) is -0.0445.